The molecule has 0 fully saturated rings. The monoisotopic (exact) mass is 698 g/mol. The number of aryl methyl sites for hydroxylation is 4. The highest BCUT2D eigenvalue weighted by Gasteiger charge is 2.73. The highest BCUT2D eigenvalue weighted by atomic mass is 16.6. The molecule has 4 aromatic rings. The predicted octanol–water partition coefficient (Wildman–Crippen LogP) is 11.2. The fourth-order valence-corrected chi connectivity index (χ4v) is 8.21. The van der Waals surface area contributed by atoms with E-state index in [0.29, 0.717) is 33.8 Å². The molecule has 0 amide bonds. The van der Waals surface area contributed by atoms with Crippen molar-refractivity contribution in [2.24, 2.45) is 0 Å². The topological polar surface area (TPSA) is 52.6 Å². The normalized spacial score (nSPS) is 20.5. The molecule has 2 aliphatic rings. The smallest absolute Gasteiger partial charge is 0.328 e. The Morgan fingerprint density at radius 1 is 0.423 bits per heavy atom. The van der Waals surface area contributed by atoms with Crippen LogP contribution in [0.5, 0.6) is 11.5 Å². The second kappa shape index (κ2) is 11.7. The number of rotatable bonds is 3. The first-order valence-corrected chi connectivity index (χ1v) is 18.8. The van der Waals surface area contributed by atoms with Crippen molar-refractivity contribution in [2.45, 2.75) is 143 Å². The maximum Gasteiger partial charge on any atom is 0.328 e. The molecular formula is C48H58O4. The molecule has 0 spiro atoms. The van der Waals surface area contributed by atoms with Crippen molar-refractivity contribution in [3.8, 4) is 11.5 Å². The number of fused-ring (bicyclic) bond motifs is 2. The van der Waals surface area contributed by atoms with Crippen LogP contribution in [0.4, 0.5) is 0 Å². The summed E-state index contributed by atoms with van der Waals surface area (Å²) in [5.41, 5.74) is 6.57. The molecule has 2 aliphatic heterocycles. The Hall–Kier alpha value is -4.18. The van der Waals surface area contributed by atoms with Crippen LogP contribution in [0.25, 0.3) is 0 Å². The van der Waals surface area contributed by atoms with Crippen molar-refractivity contribution in [1.29, 1.82) is 0 Å². The standard InChI is InChI=1S/C48H58O4/c1-27-17-19-31(21-29(27)3)47(37-25-33(43(5,6)7)23-35(45(11,12)13)39(37)51-41(47)49)48(32-20-18-28(2)30(4)22-32)38-26-34(44(8,9)10)24-36(46(14,15)16)40(38)52-42(48)50/h17-26H,1-16H3. The van der Waals surface area contributed by atoms with Crippen LogP contribution in [0.3, 0.4) is 0 Å². The summed E-state index contributed by atoms with van der Waals surface area (Å²) in [4.78, 5) is 31.6. The molecule has 6 rings (SSSR count). The fraction of sp³-hybridized carbons (Fsp3) is 0.458. The maximum atomic E-state index is 15.8. The van der Waals surface area contributed by atoms with E-state index in [-0.39, 0.29) is 21.7 Å². The van der Waals surface area contributed by atoms with Crippen LogP contribution in [0.1, 0.15) is 150 Å². The third kappa shape index (κ3) is 5.38. The minimum Gasteiger partial charge on any atom is -0.425 e. The first kappa shape index (κ1) is 37.6. The molecule has 0 aromatic heterocycles. The molecule has 0 saturated carbocycles. The van der Waals surface area contributed by atoms with E-state index in [2.05, 4.69) is 159 Å². The summed E-state index contributed by atoms with van der Waals surface area (Å²) >= 11 is 0. The second-order valence-corrected chi connectivity index (χ2v) is 19.7. The molecule has 52 heavy (non-hydrogen) atoms. The lowest BCUT2D eigenvalue weighted by molar-refractivity contribution is -0.147. The molecule has 274 valence electrons. The zero-order valence-corrected chi connectivity index (χ0v) is 34.4. The predicted molar refractivity (Wildman–Crippen MR) is 212 cm³/mol. The van der Waals surface area contributed by atoms with Crippen LogP contribution in [-0.4, -0.2) is 11.9 Å². The van der Waals surface area contributed by atoms with Crippen molar-refractivity contribution in [2.75, 3.05) is 0 Å². The lowest BCUT2D eigenvalue weighted by Crippen LogP contribution is -2.58. The van der Waals surface area contributed by atoms with Gasteiger partial charge in [0.1, 0.15) is 22.3 Å². The van der Waals surface area contributed by atoms with Gasteiger partial charge in [-0.2, -0.15) is 0 Å². The lowest BCUT2D eigenvalue weighted by Gasteiger charge is -2.43. The van der Waals surface area contributed by atoms with Gasteiger partial charge in [-0.3, -0.25) is 9.59 Å². The summed E-state index contributed by atoms with van der Waals surface area (Å²) in [6.45, 7) is 34.4. The van der Waals surface area contributed by atoms with Gasteiger partial charge >= 0.3 is 11.9 Å². The lowest BCUT2D eigenvalue weighted by atomic mass is 9.51. The summed E-state index contributed by atoms with van der Waals surface area (Å²) in [7, 11) is 0. The highest BCUT2D eigenvalue weighted by molar-refractivity contribution is 6.09. The molecule has 2 unspecified atom stereocenters. The SMILES string of the molecule is Cc1ccc(C2(C3(c4ccc(C)c(C)c4)C(=O)Oc4c(C(C)(C)C)cc(C(C)(C)C)cc43)C(=O)Oc3c(C(C)(C)C)cc(C(C)(C)C)cc32)cc1C. The van der Waals surface area contributed by atoms with Gasteiger partial charge in [0.15, 0.2) is 0 Å². The summed E-state index contributed by atoms with van der Waals surface area (Å²) in [5, 5.41) is 0. The van der Waals surface area contributed by atoms with E-state index in [0.717, 1.165) is 44.5 Å². The van der Waals surface area contributed by atoms with Crippen molar-refractivity contribution < 1.29 is 19.1 Å². The minimum absolute atomic E-state index is 0.268. The zero-order chi connectivity index (χ0) is 38.7. The van der Waals surface area contributed by atoms with Crippen LogP contribution in [0.2, 0.25) is 0 Å². The van der Waals surface area contributed by atoms with Crippen molar-refractivity contribution >= 4 is 11.9 Å². The molecule has 4 nitrogen and oxygen atoms in total. The van der Waals surface area contributed by atoms with Gasteiger partial charge in [0, 0.05) is 22.3 Å². The zero-order valence-electron chi connectivity index (χ0n) is 34.4. The van der Waals surface area contributed by atoms with E-state index >= 15 is 9.59 Å². The van der Waals surface area contributed by atoms with Crippen LogP contribution in [-0.2, 0) is 42.1 Å². The van der Waals surface area contributed by atoms with Gasteiger partial charge in [-0.1, -0.05) is 132 Å². The number of hydrogen-bond acceptors (Lipinski definition) is 4. The molecule has 0 aliphatic carbocycles. The Labute approximate surface area is 312 Å². The van der Waals surface area contributed by atoms with E-state index in [1.54, 1.807) is 0 Å². The second-order valence-electron chi connectivity index (χ2n) is 19.7. The van der Waals surface area contributed by atoms with Crippen molar-refractivity contribution in [3.05, 3.63) is 127 Å². The minimum atomic E-state index is -1.64. The largest absolute Gasteiger partial charge is 0.425 e. The highest BCUT2D eigenvalue weighted by Crippen LogP contribution is 2.65. The number of esters is 2. The van der Waals surface area contributed by atoms with E-state index < -0.39 is 22.8 Å². The van der Waals surface area contributed by atoms with Crippen LogP contribution in [0.15, 0.2) is 60.7 Å². The average Bonchev–Trinajstić information content (AvgIpc) is 3.47. The fourth-order valence-electron chi connectivity index (χ4n) is 8.21. The van der Waals surface area contributed by atoms with Crippen molar-refractivity contribution in [1.82, 2.24) is 0 Å². The number of hydrogen-bond donors (Lipinski definition) is 0. The summed E-state index contributed by atoms with van der Waals surface area (Å²) in [6, 6.07) is 21.1. The Kier molecular flexibility index (Phi) is 8.42. The Morgan fingerprint density at radius 2 is 0.750 bits per heavy atom. The molecule has 2 heterocycles. The van der Waals surface area contributed by atoms with E-state index in [9.17, 15) is 0 Å². The van der Waals surface area contributed by atoms with Crippen LogP contribution < -0.4 is 9.47 Å². The Balaban J connectivity index is 1.97. The van der Waals surface area contributed by atoms with Gasteiger partial charge in [-0.15, -0.1) is 0 Å². The van der Waals surface area contributed by atoms with E-state index in [1.165, 1.54) is 0 Å². The first-order chi connectivity index (χ1) is 23.8. The van der Waals surface area contributed by atoms with Gasteiger partial charge in [0.05, 0.1) is 0 Å². The Morgan fingerprint density at radius 3 is 1.02 bits per heavy atom. The van der Waals surface area contributed by atoms with Gasteiger partial charge in [-0.25, -0.2) is 0 Å². The average molecular weight is 699 g/mol. The van der Waals surface area contributed by atoms with E-state index in [1.807, 2.05) is 12.1 Å². The van der Waals surface area contributed by atoms with Crippen LogP contribution in [0, 0.1) is 27.7 Å². The Bertz CT molecular complexity index is 2000. The van der Waals surface area contributed by atoms with Gasteiger partial charge in [-0.05, 0) is 106 Å². The van der Waals surface area contributed by atoms with Crippen LogP contribution >= 0.6 is 0 Å². The van der Waals surface area contributed by atoms with Gasteiger partial charge in [0.2, 0.25) is 0 Å². The third-order valence-electron chi connectivity index (χ3n) is 11.8. The molecule has 0 N–H and O–H groups in total. The first-order valence-electron chi connectivity index (χ1n) is 18.8. The molecule has 0 radical (unpaired) electrons. The summed E-state index contributed by atoms with van der Waals surface area (Å²) in [5.74, 6) is 0.139. The molecule has 4 heteroatoms. The maximum absolute atomic E-state index is 15.8. The van der Waals surface area contributed by atoms with Gasteiger partial charge < -0.3 is 9.47 Å². The molecule has 0 saturated heterocycles. The van der Waals surface area contributed by atoms with Gasteiger partial charge in [0.25, 0.3) is 0 Å². The number of carbonyl (C=O) groups excluding carboxylic acids is 2. The molecule has 2 atom stereocenters. The van der Waals surface area contributed by atoms with E-state index in [4.69, 9.17) is 9.47 Å². The molecule has 0 bridgehead atoms. The van der Waals surface area contributed by atoms with Crippen molar-refractivity contribution in [3.63, 3.8) is 0 Å². The summed E-state index contributed by atoms with van der Waals surface area (Å²) in [6.07, 6.45) is 0. The molecular weight excluding hydrogens is 641 g/mol. The third-order valence-corrected chi connectivity index (χ3v) is 11.8. The number of carbonyl (C=O) groups is 2. The quantitative estimate of drug-likeness (QED) is 0.158. The molecule has 4 aromatic carbocycles. The summed E-state index contributed by atoms with van der Waals surface area (Å²) < 4.78 is 13.4. The number of benzene rings is 4. The number of ether oxygens (including phenoxy) is 2.